The van der Waals surface area contributed by atoms with Crippen molar-refractivity contribution in [2.75, 3.05) is 17.6 Å². The third-order valence-electron chi connectivity index (χ3n) is 3.08. The van der Waals surface area contributed by atoms with Gasteiger partial charge in [-0.2, -0.15) is 0 Å². The summed E-state index contributed by atoms with van der Waals surface area (Å²) in [5.41, 5.74) is 10.4. The third kappa shape index (κ3) is 2.88. The predicted molar refractivity (Wildman–Crippen MR) is 69.9 cm³/mol. The number of rotatable bonds is 5. The lowest BCUT2D eigenvalue weighted by molar-refractivity contribution is -0.125. The molecule has 0 bridgehead atoms. The van der Waals surface area contributed by atoms with E-state index in [-0.39, 0.29) is 5.91 Å². The Labute approximate surface area is 106 Å². The first kappa shape index (κ1) is 12.6. The van der Waals surface area contributed by atoms with Gasteiger partial charge >= 0.3 is 0 Å². The Morgan fingerprint density at radius 1 is 1.50 bits per heavy atom. The van der Waals surface area contributed by atoms with Crippen molar-refractivity contribution < 1.29 is 4.79 Å². The van der Waals surface area contributed by atoms with Crippen molar-refractivity contribution in [3.05, 3.63) is 11.9 Å². The predicted octanol–water partition coefficient (Wildman–Crippen LogP) is 0.860. The molecule has 2 rings (SSSR count). The quantitative estimate of drug-likeness (QED) is 0.717. The van der Waals surface area contributed by atoms with Crippen molar-refractivity contribution in [2.45, 2.75) is 32.6 Å². The van der Waals surface area contributed by atoms with Gasteiger partial charge in [0.05, 0.1) is 5.41 Å². The molecule has 1 aliphatic carbocycles. The number of amides is 1. The molecular formula is C12H19N5O. The Bertz CT molecular complexity index is 468. The standard InChI is InChI=1S/C12H19N5O/c1-12(2,11(14)18)6-15-9-5-8(13)16-10(17-9)7-3-4-7/h5,7H,3-4,6H2,1-2H3,(H2,14,18)(H3,13,15,16,17). The second kappa shape index (κ2) is 4.44. The molecule has 1 heterocycles. The highest BCUT2D eigenvalue weighted by Crippen LogP contribution is 2.38. The molecule has 98 valence electrons. The molecule has 0 aromatic carbocycles. The van der Waals surface area contributed by atoms with Crippen LogP contribution in [0.25, 0.3) is 0 Å². The molecule has 1 aromatic heterocycles. The van der Waals surface area contributed by atoms with E-state index in [1.165, 1.54) is 0 Å². The zero-order valence-corrected chi connectivity index (χ0v) is 10.7. The van der Waals surface area contributed by atoms with Crippen LogP contribution in [0, 0.1) is 5.41 Å². The first-order chi connectivity index (χ1) is 8.38. The minimum Gasteiger partial charge on any atom is -0.384 e. The number of carbonyl (C=O) groups is 1. The average molecular weight is 249 g/mol. The van der Waals surface area contributed by atoms with Crippen LogP contribution in [0.1, 0.15) is 38.4 Å². The van der Waals surface area contributed by atoms with Gasteiger partial charge in [0.25, 0.3) is 0 Å². The first-order valence-electron chi connectivity index (χ1n) is 6.07. The number of nitrogens with two attached hydrogens (primary N) is 2. The average Bonchev–Trinajstić information content (AvgIpc) is 3.09. The van der Waals surface area contributed by atoms with Crippen LogP contribution in [0.4, 0.5) is 11.6 Å². The number of nitrogen functional groups attached to an aromatic ring is 1. The van der Waals surface area contributed by atoms with Crippen LogP contribution < -0.4 is 16.8 Å². The molecule has 1 aromatic rings. The van der Waals surface area contributed by atoms with Gasteiger partial charge in [-0.05, 0) is 26.7 Å². The molecule has 1 saturated carbocycles. The van der Waals surface area contributed by atoms with Gasteiger partial charge in [0.15, 0.2) is 0 Å². The molecule has 1 amide bonds. The molecule has 0 saturated heterocycles. The maximum absolute atomic E-state index is 11.2. The fourth-order valence-electron chi connectivity index (χ4n) is 1.50. The summed E-state index contributed by atoms with van der Waals surface area (Å²) in [6.07, 6.45) is 2.24. The van der Waals surface area contributed by atoms with Gasteiger partial charge in [-0.1, -0.05) is 0 Å². The summed E-state index contributed by atoms with van der Waals surface area (Å²) < 4.78 is 0. The van der Waals surface area contributed by atoms with Crippen molar-refractivity contribution in [2.24, 2.45) is 11.1 Å². The van der Waals surface area contributed by atoms with E-state index in [1.807, 2.05) is 0 Å². The van der Waals surface area contributed by atoms with E-state index in [1.54, 1.807) is 19.9 Å². The van der Waals surface area contributed by atoms with Crippen LogP contribution in [-0.4, -0.2) is 22.4 Å². The Morgan fingerprint density at radius 3 is 2.72 bits per heavy atom. The highest BCUT2D eigenvalue weighted by Gasteiger charge is 2.28. The van der Waals surface area contributed by atoms with Crippen molar-refractivity contribution >= 4 is 17.5 Å². The van der Waals surface area contributed by atoms with Crippen LogP contribution in [0.5, 0.6) is 0 Å². The smallest absolute Gasteiger partial charge is 0.224 e. The fraction of sp³-hybridized carbons (Fsp3) is 0.583. The molecule has 0 aliphatic heterocycles. The van der Waals surface area contributed by atoms with Crippen molar-refractivity contribution in [1.82, 2.24) is 9.97 Å². The minimum absolute atomic E-state index is 0.348. The molecule has 0 unspecified atom stereocenters. The molecule has 6 heteroatoms. The number of hydrogen-bond acceptors (Lipinski definition) is 5. The van der Waals surface area contributed by atoms with Crippen molar-refractivity contribution in [1.29, 1.82) is 0 Å². The SMILES string of the molecule is CC(C)(CNc1cc(N)nc(C2CC2)n1)C(N)=O. The molecular weight excluding hydrogens is 230 g/mol. The lowest BCUT2D eigenvalue weighted by atomic mass is 9.93. The molecule has 0 atom stereocenters. The van der Waals surface area contributed by atoms with Crippen molar-refractivity contribution in [3.63, 3.8) is 0 Å². The van der Waals surface area contributed by atoms with Gasteiger partial charge in [-0.15, -0.1) is 0 Å². The van der Waals surface area contributed by atoms with Crippen LogP contribution in [0.3, 0.4) is 0 Å². The van der Waals surface area contributed by atoms with E-state index >= 15 is 0 Å². The number of aromatic nitrogens is 2. The first-order valence-corrected chi connectivity index (χ1v) is 6.07. The van der Waals surface area contributed by atoms with E-state index in [2.05, 4.69) is 15.3 Å². The molecule has 5 N–H and O–H groups in total. The highest BCUT2D eigenvalue weighted by molar-refractivity contribution is 5.80. The summed E-state index contributed by atoms with van der Waals surface area (Å²) >= 11 is 0. The van der Waals surface area contributed by atoms with Crippen LogP contribution in [0.15, 0.2) is 6.07 Å². The zero-order chi connectivity index (χ0) is 13.3. The number of carbonyl (C=O) groups excluding carboxylic acids is 1. The van der Waals surface area contributed by atoms with E-state index in [0.717, 1.165) is 18.7 Å². The molecule has 18 heavy (non-hydrogen) atoms. The largest absolute Gasteiger partial charge is 0.384 e. The third-order valence-corrected chi connectivity index (χ3v) is 3.08. The summed E-state index contributed by atoms with van der Waals surface area (Å²) in [5, 5.41) is 3.10. The topological polar surface area (TPSA) is 107 Å². The maximum Gasteiger partial charge on any atom is 0.224 e. The number of anilines is 2. The van der Waals surface area contributed by atoms with Crippen LogP contribution >= 0.6 is 0 Å². The minimum atomic E-state index is -0.626. The van der Waals surface area contributed by atoms with Gasteiger partial charge in [0.1, 0.15) is 17.5 Å². The Morgan fingerprint density at radius 2 is 2.17 bits per heavy atom. The number of primary amides is 1. The molecule has 0 spiro atoms. The summed E-state index contributed by atoms with van der Waals surface area (Å²) in [5.74, 6) is 1.98. The van der Waals surface area contributed by atoms with E-state index in [4.69, 9.17) is 11.5 Å². The Hall–Kier alpha value is -1.85. The van der Waals surface area contributed by atoms with Crippen LogP contribution in [0.2, 0.25) is 0 Å². The Balaban J connectivity index is 2.07. The summed E-state index contributed by atoms with van der Waals surface area (Å²) in [6.45, 7) is 3.99. The maximum atomic E-state index is 11.2. The van der Waals surface area contributed by atoms with Gasteiger partial charge in [-0.3, -0.25) is 4.79 Å². The monoisotopic (exact) mass is 249 g/mol. The van der Waals surface area contributed by atoms with E-state index < -0.39 is 5.41 Å². The lowest BCUT2D eigenvalue weighted by Crippen LogP contribution is -2.37. The van der Waals surface area contributed by atoms with Gasteiger partial charge in [0, 0.05) is 18.5 Å². The fourth-order valence-corrected chi connectivity index (χ4v) is 1.50. The lowest BCUT2D eigenvalue weighted by Gasteiger charge is -2.21. The second-order valence-electron chi connectivity index (χ2n) is 5.41. The molecule has 6 nitrogen and oxygen atoms in total. The zero-order valence-electron chi connectivity index (χ0n) is 10.7. The van der Waals surface area contributed by atoms with Gasteiger partial charge < -0.3 is 16.8 Å². The Kier molecular flexibility index (Phi) is 3.11. The summed E-state index contributed by atoms with van der Waals surface area (Å²) in [6, 6.07) is 1.67. The summed E-state index contributed by atoms with van der Waals surface area (Å²) in [7, 11) is 0. The van der Waals surface area contributed by atoms with Crippen LogP contribution in [-0.2, 0) is 4.79 Å². The second-order valence-corrected chi connectivity index (χ2v) is 5.41. The number of nitrogens with one attached hydrogen (secondary N) is 1. The molecule has 1 fully saturated rings. The number of hydrogen-bond donors (Lipinski definition) is 3. The van der Waals surface area contributed by atoms with Gasteiger partial charge in [-0.25, -0.2) is 9.97 Å². The molecule has 0 radical (unpaired) electrons. The summed E-state index contributed by atoms with van der Waals surface area (Å²) in [4.78, 5) is 19.8. The van der Waals surface area contributed by atoms with E-state index in [0.29, 0.717) is 24.1 Å². The van der Waals surface area contributed by atoms with Crippen molar-refractivity contribution in [3.8, 4) is 0 Å². The van der Waals surface area contributed by atoms with E-state index in [9.17, 15) is 4.79 Å². The normalized spacial score (nSPS) is 15.4. The van der Waals surface area contributed by atoms with Gasteiger partial charge in [0.2, 0.25) is 5.91 Å². The molecule has 1 aliphatic rings. The number of nitrogens with zero attached hydrogens (tertiary/aromatic N) is 2. The highest BCUT2D eigenvalue weighted by atomic mass is 16.1.